The lowest BCUT2D eigenvalue weighted by Crippen LogP contribution is -2.27. The Labute approximate surface area is 148 Å². The van der Waals surface area contributed by atoms with Gasteiger partial charge < -0.3 is 19.2 Å². The topological polar surface area (TPSA) is 95.6 Å². The molecule has 0 saturated heterocycles. The number of carbonyl (C=O) groups excluding carboxylic acids is 1. The summed E-state index contributed by atoms with van der Waals surface area (Å²) in [6.45, 7) is 0.814. The molecule has 0 unspecified atom stereocenters. The number of nitrogens with zero attached hydrogens (tertiary/aromatic N) is 2. The largest absolute Gasteiger partial charge is 0.486 e. The molecule has 0 spiro atoms. The van der Waals surface area contributed by atoms with Gasteiger partial charge in [-0.3, -0.25) is 14.2 Å². The van der Waals surface area contributed by atoms with E-state index in [1.807, 2.05) is 0 Å². The number of carbonyl (C=O) groups is 1. The van der Waals surface area contributed by atoms with Gasteiger partial charge in [-0.25, -0.2) is 4.98 Å². The fourth-order valence-electron chi connectivity index (χ4n) is 2.58. The number of anilines is 1. The lowest BCUT2D eigenvalue weighted by molar-refractivity contribution is -0.116. The molecule has 1 aromatic carbocycles. The zero-order valence-electron chi connectivity index (χ0n) is 13.7. The summed E-state index contributed by atoms with van der Waals surface area (Å²) in [5.41, 5.74) is 0.639. The number of benzene rings is 1. The second-order valence-corrected chi connectivity index (χ2v) is 5.62. The third-order valence-corrected chi connectivity index (χ3v) is 3.79. The SMILES string of the molecule is O=C(Cn1cnc(-c2ccco2)cc1=O)Nc1ccc2c(c1)OCCO2. The molecule has 1 aliphatic heterocycles. The number of fused-ring (bicyclic) bond motifs is 1. The summed E-state index contributed by atoms with van der Waals surface area (Å²) in [5, 5.41) is 2.73. The molecule has 8 heteroatoms. The highest BCUT2D eigenvalue weighted by molar-refractivity contribution is 5.90. The number of furan rings is 1. The molecule has 26 heavy (non-hydrogen) atoms. The van der Waals surface area contributed by atoms with E-state index in [0.717, 1.165) is 0 Å². The van der Waals surface area contributed by atoms with Gasteiger partial charge in [0.1, 0.15) is 25.5 Å². The Hall–Kier alpha value is -3.55. The minimum atomic E-state index is -0.351. The highest BCUT2D eigenvalue weighted by Gasteiger charge is 2.13. The minimum absolute atomic E-state index is 0.154. The smallest absolute Gasteiger partial charge is 0.254 e. The van der Waals surface area contributed by atoms with Crippen molar-refractivity contribution < 1.29 is 18.7 Å². The number of nitrogens with one attached hydrogen (secondary N) is 1. The van der Waals surface area contributed by atoms with Crippen molar-refractivity contribution in [2.24, 2.45) is 0 Å². The van der Waals surface area contributed by atoms with Crippen LogP contribution in [0, 0.1) is 0 Å². The molecule has 0 aliphatic carbocycles. The first-order chi connectivity index (χ1) is 12.7. The van der Waals surface area contributed by atoms with Gasteiger partial charge in [0.2, 0.25) is 5.91 Å². The Morgan fingerprint density at radius 3 is 2.77 bits per heavy atom. The Kier molecular flexibility index (Phi) is 4.14. The highest BCUT2D eigenvalue weighted by Crippen LogP contribution is 2.32. The summed E-state index contributed by atoms with van der Waals surface area (Å²) in [6, 6.07) is 9.88. The van der Waals surface area contributed by atoms with Crippen molar-refractivity contribution in [2.75, 3.05) is 18.5 Å². The number of hydrogen-bond acceptors (Lipinski definition) is 6. The standard InChI is InChI=1S/C18H15N3O5/c22-17(20-12-3-4-15-16(8-12)26-7-6-25-15)10-21-11-19-13(9-18(21)23)14-2-1-5-24-14/h1-5,8-9,11H,6-7,10H2,(H,20,22). The van der Waals surface area contributed by atoms with Crippen LogP contribution in [0.2, 0.25) is 0 Å². The van der Waals surface area contributed by atoms with Crippen molar-refractivity contribution in [3.05, 3.63) is 59.3 Å². The maximum Gasteiger partial charge on any atom is 0.254 e. The zero-order valence-corrected chi connectivity index (χ0v) is 13.7. The summed E-state index contributed by atoms with van der Waals surface area (Å²) in [5.74, 6) is 1.37. The Bertz CT molecular complexity index is 994. The van der Waals surface area contributed by atoms with Crippen LogP contribution in [0.3, 0.4) is 0 Å². The van der Waals surface area contributed by atoms with E-state index in [2.05, 4.69) is 10.3 Å². The van der Waals surface area contributed by atoms with Crippen LogP contribution >= 0.6 is 0 Å². The fourth-order valence-corrected chi connectivity index (χ4v) is 2.58. The molecule has 4 rings (SSSR count). The van der Waals surface area contributed by atoms with Gasteiger partial charge >= 0.3 is 0 Å². The van der Waals surface area contributed by atoms with Crippen LogP contribution in [0.15, 0.2) is 58.2 Å². The number of aromatic nitrogens is 2. The van der Waals surface area contributed by atoms with Crippen molar-refractivity contribution in [2.45, 2.75) is 6.54 Å². The lowest BCUT2D eigenvalue weighted by Gasteiger charge is -2.19. The molecular weight excluding hydrogens is 338 g/mol. The molecule has 0 atom stereocenters. The second kappa shape index (κ2) is 6.75. The van der Waals surface area contributed by atoms with Gasteiger partial charge in [0.15, 0.2) is 17.3 Å². The molecule has 2 aromatic heterocycles. The first kappa shape index (κ1) is 15.9. The third kappa shape index (κ3) is 3.30. The number of rotatable bonds is 4. The van der Waals surface area contributed by atoms with Crippen molar-refractivity contribution in [3.8, 4) is 23.0 Å². The number of hydrogen-bond donors (Lipinski definition) is 1. The van der Waals surface area contributed by atoms with Gasteiger partial charge in [-0.05, 0) is 24.3 Å². The summed E-state index contributed by atoms with van der Waals surface area (Å²) < 4.78 is 17.3. The average molecular weight is 353 g/mol. The van der Waals surface area contributed by atoms with Crippen molar-refractivity contribution in [3.63, 3.8) is 0 Å². The van der Waals surface area contributed by atoms with E-state index in [4.69, 9.17) is 13.9 Å². The molecule has 132 valence electrons. The normalized spacial score (nSPS) is 12.6. The van der Waals surface area contributed by atoms with Crippen LogP contribution in [0.1, 0.15) is 0 Å². The van der Waals surface area contributed by atoms with E-state index in [9.17, 15) is 9.59 Å². The zero-order chi connectivity index (χ0) is 17.9. The third-order valence-electron chi connectivity index (χ3n) is 3.79. The lowest BCUT2D eigenvalue weighted by atomic mass is 10.2. The molecule has 1 N–H and O–H groups in total. The number of ether oxygens (including phenoxy) is 2. The first-order valence-electron chi connectivity index (χ1n) is 7.99. The van der Waals surface area contributed by atoms with Crippen LogP contribution in [0.4, 0.5) is 5.69 Å². The van der Waals surface area contributed by atoms with Gasteiger partial charge in [-0.2, -0.15) is 0 Å². The Balaban J connectivity index is 1.46. The van der Waals surface area contributed by atoms with E-state index in [0.29, 0.717) is 41.9 Å². The maximum atomic E-state index is 12.2. The Morgan fingerprint density at radius 1 is 1.15 bits per heavy atom. The van der Waals surface area contributed by atoms with Gasteiger partial charge in [-0.15, -0.1) is 0 Å². The summed E-state index contributed by atoms with van der Waals surface area (Å²) in [6.07, 6.45) is 2.83. The molecule has 1 amide bonds. The second-order valence-electron chi connectivity index (χ2n) is 5.62. The molecule has 1 aliphatic rings. The maximum absolute atomic E-state index is 12.2. The first-order valence-corrected chi connectivity index (χ1v) is 7.99. The molecule has 8 nitrogen and oxygen atoms in total. The predicted octanol–water partition coefficient (Wildman–Crippen LogP) is 1.91. The van der Waals surface area contributed by atoms with Gasteiger partial charge in [-0.1, -0.05) is 0 Å². The monoisotopic (exact) mass is 353 g/mol. The van der Waals surface area contributed by atoms with Crippen molar-refractivity contribution >= 4 is 11.6 Å². The summed E-state index contributed by atoms with van der Waals surface area (Å²) in [7, 11) is 0. The van der Waals surface area contributed by atoms with E-state index in [-0.39, 0.29) is 18.0 Å². The summed E-state index contributed by atoms with van der Waals surface area (Å²) in [4.78, 5) is 28.6. The molecule has 0 radical (unpaired) electrons. The van der Waals surface area contributed by atoms with Crippen LogP contribution in [-0.2, 0) is 11.3 Å². The van der Waals surface area contributed by atoms with Crippen LogP contribution in [0.5, 0.6) is 11.5 Å². The van der Waals surface area contributed by atoms with Gasteiger partial charge in [0.05, 0.1) is 12.6 Å². The minimum Gasteiger partial charge on any atom is -0.486 e. The van der Waals surface area contributed by atoms with E-state index >= 15 is 0 Å². The molecule has 0 bridgehead atoms. The van der Waals surface area contributed by atoms with Gasteiger partial charge in [0.25, 0.3) is 5.56 Å². The quantitative estimate of drug-likeness (QED) is 0.770. The van der Waals surface area contributed by atoms with Crippen LogP contribution in [-0.4, -0.2) is 28.7 Å². The molecule has 3 aromatic rings. The predicted molar refractivity (Wildman–Crippen MR) is 92.3 cm³/mol. The molecule has 0 fully saturated rings. The molecule has 0 saturated carbocycles. The van der Waals surface area contributed by atoms with Crippen molar-refractivity contribution in [1.82, 2.24) is 9.55 Å². The fraction of sp³-hybridized carbons (Fsp3) is 0.167. The van der Waals surface area contributed by atoms with Crippen molar-refractivity contribution in [1.29, 1.82) is 0 Å². The molecular formula is C18H15N3O5. The number of amides is 1. The van der Waals surface area contributed by atoms with E-state index in [1.165, 1.54) is 23.2 Å². The highest BCUT2D eigenvalue weighted by atomic mass is 16.6. The average Bonchev–Trinajstić information content (AvgIpc) is 3.18. The van der Waals surface area contributed by atoms with Crippen LogP contribution in [0.25, 0.3) is 11.5 Å². The van der Waals surface area contributed by atoms with Gasteiger partial charge in [0, 0.05) is 17.8 Å². The summed E-state index contributed by atoms with van der Waals surface area (Å²) >= 11 is 0. The van der Waals surface area contributed by atoms with E-state index in [1.54, 1.807) is 30.3 Å². The molecule has 3 heterocycles. The van der Waals surface area contributed by atoms with Crippen LogP contribution < -0.4 is 20.3 Å². The van der Waals surface area contributed by atoms with E-state index < -0.39 is 0 Å². The Morgan fingerprint density at radius 2 is 2.00 bits per heavy atom.